The molecule has 1 aromatic heterocycles. The molecule has 2 aromatic rings. The molecule has 1 aromatic carbocycles. The highest BCUT2D eigenvalue weighted by Crippen LogP contribution is 2.24. The molecule has 0 radical (unpaired) electrons. The minimum atomic E-state index is -0.374. The predicted molar refractivity (Wildman–Crippen MR) is 99.4 cm³/mol. The van der Waals surface area contributed by atoms with Crippen molar-refractivity contribution in [1.29, 1.82) is 0 Å². The van der Waals surface area contributed by atoms with E-state index < -0.39 is 0 Å². The lowest BCUT2D eigenvalue weighted by Gasteiger charge is -2.34. The van der Waals surface area contributed by atoms with Gasteiger partial charge in [-0.2, -0.15) is 0 Å². The quantitative estimate of drug-likeness (QED) is 0.882. The normalized spacial score (nSPS) is 21.3. The Kier molecular flexibility index (Phi) is 5.49. The Morgan fingerprint density at radius 2 is 2.08 bits per heavy atom. The molecule has 1 saturated heterocycles. The first-order valence-electron chi connectivity index (χ1n) is 8.65. The first-order chi connectivity index (χ1) is 11.9. The second-order valence-electron chi connectivity index (χ2n) is 7.20. The van der Waals surface area contributed by atoms with E-state index in [4.69, 9.17) is 0 Å². The molecule has 25 heavy (non-hydrogen) atoms. The van der Waals surface area contributed by atoms with Gasteiger partial charge in [-0.25, -0.2) is 9.37 Å². The van der Waals surface area contributed by atoms with Gasteiger partial charge in [0.05, 0.1) is 5.69 Å². The van der Waals surface area contributed by atoms with E-state index in [-0.39, 0.29) is 11.7 Å². The van der Waals surface area contributed by atoms with Gasteiger partial charge in [0.1, 0.15) is 5.82 Å². The fraction of sp³-hybridized carbons (Fsp3) is 0.474. The van der Waals surface area contributed by atoms with Crippen molar-refractivity contribution >= 4 is 22.4 Å². The molecule has 0 bridgehead atoms. The monoisotopic (exact) mass is 361 g/mol. The first kappa shape index (κ1) is 18.0. The van der Waals surface area contributed by atoms with Crippen LogP contribution in [0, 0.1) is 24.6 Å². The van der Waals surface area contributed by atoms with Crippen molar-refractivity contribution in [2.24, 2.45) is 11.8 Å². The number of hydrogen-bond donors (Lipinski definition) is 1. The number of nitrogens with one attached hydrogen (secondary N) is 1. The molecule has 1 aliphatic rings. The third-order valence-corrected chi connectivity index (χ3v) is 5.34. The van der Waals surface area contributed by atoms with Gasteiger partial charge in [-0.1, -0.05) is 19.9 Å². The summed E-state index contributed by atoms with van der Waals surface area (Å²) in [4.78, 5) is 19.2. The number of halogens is 1. The molecule has 0 saturated carbocycles. The summed E-state index contributed by atoms with van der Waals surface area (Å²) in [6, 6.07) is 4.49. The highest BCUT2D eigenvalue weighted by atomic mass is 32.1. The average molecular weight is 361 g/mol. The summed E-state index contributed by atoms with van der Waals surface area (Å²) in [5.74, 6) is 0.705. The standard InChI is InChI=1S/C19H24FN3OS/c1-12-6-13(2)9-23(8-12)10-16-11-25-19(21-16)22-18(24)15-5-4-14(3)17(20)7-15/h4-5,7,11-13H,6,8-10H2,1-3H3,(H,21,22,24)/t12-,13+. The van der Waals surface area contributed by atoms with Crippen LogP contribution in [-0.4, -0.2) is 28.9 Å². The van der Waals surface area contributed by atoms with E-state index in [1.165, 1.54) is 23.8 Å². The van der Waals surface area contributed by atoms with Crippen molar-refractivity contribution in [2.45, 2.75) is 33.7 Å². The van der Waals surface area contributed by atoms with Crippen molar-refractivity contribution in [2.75, 3.05) is 18.4 Å². The molecular formula is C19H24FN3OS. The number of anilines is 1. The van der Waals surface area contributed by atoms with E-state index >= 15 is 0 Å². The molecule has 1 aliphatic heterocycles. The molecule has 0 unspecified atom stereocenters. The number of nitrogens with zero attached hydrogens (tertiary/aromatic N) is 2. The molecule has 2 atom stereocenters. The number of carbonyl (C=O) groups is 1. The molecule has 0 aliphatic carbocycles. The zero-order valence-corrected chi connectivity index (χ0v) is 15.7. The lowest BCUT2D eigenvalue weighted by atomic mass is 9.92. The molecule has 4 nitrogen and oxygen atoms in total. The van der Waals surface area contributed by atoms with E-state index in [1.54, 1.807) is 19.1 Å². The SMILES string of the molecule is Cc1ccc(C(=O)Nc2nc(CN3C[C@H](C)C[C@H](C)C3)cs2)cc1F. The largest absolute Gasteiger partial charge is 0.298 e. The Labute approximate surface area is 152 Å². The van der Waals surface area contributed by atoms with Gasteiger partial charge in [0, 0.05) is 30.6 Å². The van der Waals surface area contributed by atoms with Gasteiger partial charge in [-0.15, -0.1) is 11.3 Å². The molecule has 1 fully saturated rings. The maximum Gasteiger partial charge on any atom is 0.257 e. The van der Waals surface area contributed by atoms with Crippen molar-refractivity contribution in [3.8, 4) is 0 Å². The maximum absolute atomic E-state index is 13.6. The van der Waals surface area contributed by atoms with Gasteiger partial charge >= 0.3 is 0 Å². The van der Waals surface area contributed by atoms with E-state index in [1.807, 2.05) is 5.38 Å². The summed E-state index contributed by atoms with van der Waals surface area (Å²) in [5, 5.41) is 5.30. The van der Waals surface area contributed by atoms with Crippen molar-refractivity contribution in [1.82, 2.24) is 9.88 Å². The van der Waals surface area contributed by atoms with Gasteiger partial charge in [0.25, 0.3) is 5.91 Å². The Balaban J connectivity index is 1.61. The van der Waals surface area contributed by atoms with Crippen LogP contribution in [0.3, 0.4) is 0 Å². The Morgan fingerprint density at radius 1 is 1.36 bits per heavy atom. The van der Waals surface area contributed by atoms with E-state index in [0.717, 1.165) is 25.3 Å². The summed E-state index contributed by atoms with van der Waals surface area (Å²) in [7, 11) is 0. The van der Waals surface area contributed by atoms with Crippen LogP contribution < -0.4 is 5.32 Å². The predicted octanol–water partition coefficient (Wildman–Crippen LogP) is 4.32. The summed E-state index contributed by atoms with van der Waals surface area (Å²) >= 11 is 1.41. The highest BCUT2D eigenvalue weighted by Gasteiger charge is 2.22. The molecule has 134 valence electrons. The Morgan fingerprint density at radius 3 is 2.76 bits per heavy atom. The number of hydrogen-bond acceptors (Lipinski definition) is 4. The minimum absolute atomic E-state index is 0.304. The van der Waals surface area contributed by atoms with Gasteiger partial charge < -0.3 is 0 Å². The van der Waals surface area contributed by atoms with Gasteiger partial charge in [0.2, 0.25) is 0 Å². The van der Waals surface area contributed by atoms with Crippen LogP contribution in [0.15, 0.2) is 23.6 Å². The Hall–Kier alpha value is -1.79. The number of benzene rings is 1. The van der Waals surface area contributed by atoms with Crippen molar-refractivity contribution in [3.63, 3.8) is 0 Å². The lowest BCUT2D eigenvalue weighted by Crippen LogP contribution is -2.38. The maximum atomic E-state index is 13.6. The summed E-state index contributed by atoms with van der Waals surface area (Å²) < 4.78 is 13.6. The van der Waals surface area contributed by atoms with Crippen molar-refractivity contribution < 1.29 is 9.18 Å². The number of piperidine rings is 1. The van der Waals surface area contributed by atoms with Crippen LogP contribution in [-0.2, 0) is 6.54 Å². The van der Waals surface area contributed by atoms with Crippen LogP contribution in [0.4, 0.5) is 9.52 Å². The van der Waals surface area contributed by atoms with E-state index in [9.17, 15) is 9.18 Å². The molecule has 1 N–H and O–H groups in total. The third-order valence-electron chi connectivity index (χ3n) is 4.54. The number of rotatable bonds is 4. The number of carbonyl (C=O) groups excluding carboxylic acids is 1. The van der Waals surface area contributed by atoms with Gasteiger partial charge in [0.15, 0.2) is 5.13 Å². The molecule has 6 heteroatoms. The lowest BCUT2D eigenvalue weighted by molar-refractivity contribution is 0.102. The smallest absolute Gasteiger partial charge is 0.257 e. The molecule has 0 spiro atoms. The zero-order chi connectivity index (χ0) is 18.0. The topological polar surface area (TPSA) is 45.2 Å². The molecule has 2 heterocycles. The number of likely N-dealkylation sites (tertiary alicyclic amines) is 1. The second kappa shape index (κ2) is 7.62. The summed E-state index contributed by atoms with van der Waals surface area (Å²) in [5.41, 5.74) is 1.80. The van der Waals surface area contributed by atoms with Crippen LogP contribution in [0.2, 0.25) is 0 Å². The number of aromatic nitrogens is 1. The summed E-state index contributed by atoms with van der Waals surface area (Å²) in [6.45, 7) is 9.23. The Bertz CT molecular complexity index is 751. The minimum Gasteiger partial charge on any atom is -0.298 e. The fourth-order valence-corrected chi connectivity index (χ4v) is 4.19. The van der Waals surface area contributed by atoms with Crippen LogP contribution >= 0.6 is 11.3 Å². The van der Waals surface area contributed by atoms with Crippen LogP contribution in [0.25, 0.3) is 0 Å². The van der Waals surface area contributed by atoms with Crippen LogP contribution in [0.1, 0.15) is 41.9 Å². The molecular weight excluding hydrogens is 337 g/mol. The molecule has 1 amide bonds. The number of thiazole rings is 1. The fourth-order valence-electron chi connectivity index (χ4n) is 3.49. The average Bonchev–Trinajstić information content (AvgIpc) is 2.95. The van der Waals surface area contributed by atoms with Crippen molar-refractivity contribution in [3.05, 3.63) is 46.2 Å². The van der Waals surface area contributed by atoms with Gasteiger partial charge in [-0.05, 0) is 42.9 Å². The molecule has 3 rings (SSSR count). The second-order valence-corrected chi connectivity index (χ2v) is 8.06. The van der Waals surface area contributed by atoms with E-state index in [0.29, 0.717) is 28.1 Å². The zero-order valence-electron chi connectivity index (χ0n) is 14.9. The number of aryl methyl sites for hydroxylation is 1. The summed E-state index contributed by atoms with van der Waals surface area (Å²) in [6.07, 6.45) is 1.28. The highest BCUT2D eigenvalue weighted by molar-refractivity contribution is 7.13. The van der Waals surface area contributed by atoms with E-state index in [2.05, 4.69) is 29.0 Å². The van der Waals surface area contributed by atoms with Crippen LogP contribution in [0.5, 0.6) is 0 Å². The van der Waals surface area contributed by atoms with Gasteiger partial charge in [-0.3, -0.25) is 15.0 Å². The third kappa shape index (κ3) is 4.64. The first-order valence-corrected chi connectivity index (χ1v) is 9.53. The number of amides is 1.